The average Bonchev–Trinajstić information content (AvgIpc) is 0.592. The fourth-order valence-corrected chi connectivity index (χ4v) is 0. The molecule has 0 spiro atoms. The molecule has 0 aliphatic rings. The van der Waals surface area contributed by atoms with Crippen LogP contribution < -0.4 is 206 Å². The van der Waals surface area contributed by atoms with Gasteiger partial charge in [0.05, 0.1) is 0 Å². The maximum atomic E-state index is 9.84. The zero-order valence-electron chi connectivity index (χ0n) is 6.57. The Morgan fingerprint density at radius 1 is 0.455 bits per heavy atom. The second-order valence-corrected chi connectivity index (χ2v) is 2.66. The molecule has 0 bridgehead atoms. The third kappa shape index (κ3) is 80.8. The summed E-state index contributed by atoms with van der Waals surface area (Å²) in [5.74, 6) is 0. The van der Waals surface area contributed by atoms with Crippen molar-refractivity contribution >= 4 is 0 Å². The smallest absolute Gasteiger partial charge is 1.00 e. The molecule has 0 radical (unpaired) electrons. The zero-order chi connectivity index (χ0) is 6.41. The van der Waals surface area contributed by atoms with Gasteiger partial charge in [0.15, 0.2) is 0 Å². The summed E-state index contributed by atoms with van der Waals surface area (Å²) in [5, 5.41) is 0. The average molecular weight is 334 g/mol. The second kappa shape index (κ2) is 8.70. The van der Waals surface area contributed by atoms with Gasteiger partial charge in [0.25, 0.3) is 0 Å². The van der Waals surface area contributed by atoms with E-state index in [2.05, 4.69) is 0 Å². The summed E-state index contributed by atoms with van der Waals surface area (Å²) in [7, 11) is 0. The monoisotopic (exact) mass is 333 g/mol. The SMILES string of the molecule is [F][Cu-4]([F])([F])([F])([F])[F].[K+].[K+].[K+].[K+]. The van der Waals surface area contributed by atoms with Gasteiger partial charge in [-0.3, -0.25) is 0 Å². The molecule has 11 heteroatoms. The molecule has 0 N–H and O–H groups in total. The van der Waals surface area contributed by atoms with Gasteiger partial charge in [0.2, 0.25) is 0 Å². The van der Waals surface area contributed by atoms with Crippen molar-refractivity contribution in [2.24, 2.45) is 0 Å². The van der Waals surface area contributed by atoms with Crippen molar-refractivity contribution < 1.29 is 240 Å². The van der Waals surface area contributed by atoms with E-state index in [1.54, 1.807) is 0 Å². The quantitative estimate of drug-likeness (QED) is 0.305. The van der Waals surface area contributed by atoms with Crippen LogP contribution in [0, 0.1) is 0 Å². The molecule has 11 heavy (non-hydrogen) atoms. The van der Waals surface area contributed by atoms with E-state index in [4.69, 9.17) is 0 Å². The molecular formula is CuF6K4. The summed E-state index contributed by atoms with van der Waals surface area (Å²) in [6, 6.07) is 0. The first kappa shape index (κ1) is 30.6. The van der Waals surface area contributed by atoms with Gasteiger partial charge in [0.1, 0.15) is 0 Å². The normalized spacial score (nSPS) is 14.7. The Hall–Kier alpha value is 6.64. The van der Waals surface area contributed by atoms with E-state index in [0.29, 0.717) is 0 Å². The first-order valence-electron chi connectivity index (χ1n) is 0.684. The molecule has 0 unspecified atom stereocenters. The molecule has 0 aromatic rings. The summed E-state index contributed by atoms with van der Waals surface area (Å²) >= 11 is -10.4. The maximum Gasteiger partial charge on any atom is 1.00 e. The van der Waals surface area contributed by atoms with E-state index in [0.717, 1.165) is 0 Å². The molecule has 0 aromatic carbocycles. The van der Waals surface area contributed by atoms with E-state index in [1.807, 2.05) is 0 Å². The first-order chi connectivity index (χ1) is 2.45. The minimum absolute atomic E-state index is 0. The summed E-state index contributed by atoms with van der Waals surface area (Å²) in [6.07, 6.45) is 0. The third-order valence-corrected chi connectivity index (χ3v) is 0. The van der Waals surface area contributed by atoms with Crippen LogP contribution >= 0.6 is 0 Å². The van der Waals surface area contributed by atoms with Gasteiger partial charge < -0.3 is 0 Å². The standard InChI is InChI=1S/Cu.6FH.4K/h;6*1H;;;;/q+2;;;;;;;4*+1/p-6. The third-order valence-electron chi connectivity index (χ3n) is 0. The van der Waals surface area contributed by atoms with Crippen LogP contribution in [0.4, 0.5) is 21.3 Å². The Morgan fingerprint density at radius 3 is 0.455 bits per heavy atom. The van der Waals surface area contributed by atoms with Gasteiger partial charge in [0, 0.05) is 0 Å². The molecule has 57 valence electrons. The minimum atomic E-state index is -10.4. The molecule has 0 nitrogen and oxygen atoms in total. The van der Waals surface area contributed by atoms with Gasteiger partial charge in [-0.05, 0) is 0 Å². The van der Waals surface area contributed by atoms with Crippen LogP contribution in [0.25, 0.3) is 0 Å². The Morgan fingerprint density at radius 2 is 0.455 bits per heavy atom. The Balaban J connectivity index is -0.0000000300. The van der Waals surface area contributed by atoms with Crippen molar-refractivity contribution in [2.75, 3.05) is 0 Å². The largest absolute Gasteiger partial charge is 1.00 e. The number of hydrogen-bond acceptors (Lipinski definition) is 0. The van der Waals surface area contributed by atoms with Crippen molar-refractivity contribution in [2.45, 2.75) is 0 Å². The summed E-state index contributed by atoms with van der Waals surface area (Å²) in [4.78, 5) is 0. The van der Waals surface area contributed by atoms with Crippen LogP contribution in [0.5, 0.6) is 0 Å². The summed E-state index contributed by atoms with van der Waals surface area (Å²) < 4.78 is 59.1. The van der Waals surface area contributed by atoms with Crippen molar-refractivity contribution in [1.29, 1.82) is 0 Å². The van der Waals surface area contributed by atoms with Crippen LogP contribution in [0.15, 0.2) is 0 Å². The van der Waals surface area contributed by atoms with Gasteiger partial charge in [-0.15, -0.1) is 0 Å². The molecule has 0 fully saturated rings. The maximum absolute atomic E-state index is 10.4. The van der Waals surface area contributed by atoms with Crippen LogP contribution in [-0.2, 0) is 13.5 Å². The fourth-order valence-electron chi connectivity index (χ4n) is 0. The molecule has 0 aliphatic heterocycles. The Labute approximate surface area is 232 Å². The molecule has 0 atom stereocenters. The predicted molar refractivity (Wildman–Crippen MR) is 6.65 cm³/mol. The molecule has 0 heterocycles. The Bertz CT molecular complexity index is 73.1. The van der Waals surface area contributed by atoms with E-state index in [-0.39, 0.29) is 206 Å². The molecule has 0 rings (SSSR count). The van der Waals surface area contributed by atoms with Crippen molar-refractivity contribution in [3.63, 3.8) is 0 Å². The summed E-state index contributed by atoms with van der Waals surface area (Å²) in [6.45, 7) is 0. The number of halogens is 6. The van der Waals surface area contributed by atoms with E-state index in [1.165, 1.54) is 0 Å². The van der Waals surface area contributed by atoms with Crippen molar-refractivity contribution in [1.82, 2.24) is 0 Å². The van der Waals surface area contributed by atoms with Crippen LogP contribution in [0.3, 0.4) is 0 Å². The molecule has 0 aliphatic carbocycles. The van der Waals surface area contributed by atoms with E-state index in [9.17, 15) is 21.3 Å². The molecule has 0 saturated heterocycles. The first-order valence-corrected chi connectivity index (χ1v) is 2.82. The second-order valence-electron chi connectivity index (χ2n) is 0.646. The van der Waals surface area contributed by atoms with Crippen LogP contribution in [0.1, 0.15) is 0 Å². The summed E-state index contributed by atoms with van der Waals surface area (Å²) in [5.41, 5.74) is 0. The number of hydrogen-bond donors (Lipinski definition) is 0. The van der Waals surface area contributed by atoms with E-state index >= 15 is 0 Å². The van der Waals surface area contributed by atoms with Gasteiger partial charge in [-0.1, -0.05) is 0 Å². The Kier molecular flexibility index (Phi) is 24.2. The predicted octanol–water partition coefficient (Wildman–Crippen LogP) is -9.47. The zero-order valence-corrected chi connectivity index (χ0v) is 20.0. The minimum Gasteiger partial charge on any atom is 1.00 e. The van der Waals surface area contributed by atoms with Gasteiger partial charge in [-0.25, -0.2) is 0 Å². The van der Waals surface area contributed by atoms with Crippen LogP contribution in [0.2, 0.25) is 0 Å². The molecule has 0 saturated carbocycles. The van der Waals surface area contributed by atoms with Crippen LogP contribution in [-0.4, -0.2) is 0 Å². The van der Waals surface area contributed by atoms with Gasteiger partial charge >= 0.3 is 240 Å². The fraction of sp³-hybridized carbons (Fsp3) is 0. The number of rotatable bonds is 0. The van der Waals surface area contributed by atoms with E-state index < -0.39 is 13.5 Å². The molecular weight excluding hydrogens is 334 g/mol. The topological polar surface area (TPSA) is 0 Å². The molecule has 0 aromatic heterocycles. The van der Waals surface area contributed by atoms with Crippen molar-refractivity contribution in [3.8, 4) is 0 Å². The molecule has 0 amide bonds. The van der Waals surface area contributed by atoms with Crippen molar-refractivity contribution in [3.05, 3.63) is 0 Å². The van der Waals surface area contributed by atoms with Gasteiger partial charge in [-0.2, -0.15) is 0 Å².